The first-order chi connectivity index (χ1) is 13.2. The van der Waals surface area contributed by atoms with Gasteiger partial charge in [0.25, 0.3) is 0 Å². The van der Waals surface area contributed by atoms with Gasteiger partial charge in [-0.05, 0) is 53.1 Å². The molecule has 0 aromatic heterocycles. The average Bonchev–Trinajstić information content (AvgIpc) is 2.70. The van der Waals surface area contributed by atoms with E-state index in [4.69, 9.17) is 4.74 Å². The number of carbonyl (C=O) groups excluding carboxylic acids is 1. The fourth-order valence-corrected chi connectivity index (χ4v) is 2.66. The van der Waals surface area contributed by atoms with Crippen LogP contribution in [0.5, 0.6) is 5.75 Å². The minimum Gasteiger partial charge on any atom is -0.489 e. The number of halogens is 1. The third-order valence-corrected chi connectivity index (χ3v) is 4.34. The first-order valence-corrected chi connectivity index (χ1v) is 9.31. The molecular weight excluding hydrogens is 404 g/mol. The molecule has 136 valence electrons. The number of ether oxygens (including phenoxy) is 1. The zero-order valence-corrected chi connectivity index (χ0v) is 16.2. The van der Waals surface area contributed by atoms with Crippen LogP contribution in [0, 0.1) is 0 Å². The lowest BCUT2D eigenvalue weighted by Crippen LogP contribution is -2.19. The van der Waals surface area contributed by atoms with Crippen LogP contribution in [0.2, 0.25) is 0 Å². The smallest absolute Gasteiger partial charge is 0.244 e. The summed E-state index contributed by atoms with van der Waals surface area (Å²) in [6, 6.07) is 25.2. The molecule has 5 heteroatoms. The summed E-state index contributed by atoms with van der Waals surface area (Å²) >= 11 is 3.37. The minimum absolute atomic E-state index is 0.156. The molecule has 0 saturated heterocycles. The molecule has 0 aliphatic rings. The highest BCUT2D eigenvalue weighted by Crippen LogP contribution is 2.13. The largest absolute Gasteiger partial charge is 0.489 e. The molecule has 0 atom stereocenters. The lowest BCUT2D eigenvalue weighted by Gasteiger charge is -2.06. The van der Waals surface area contributed by atoms with Gasteiger partial charge >= 0.3 is 0 Å². The van der Waals surface area contributed by atoms with Crippen molar-refractivity contribution in [3.8, 4) is 5.75 Å². The first-order valence-electron chi connectivity index (χ1n) is 8.52. The Morgan fingerprint density at radius 2 is 1.63 bits per heavy atom. The summed E-state index contributed by atoms with van der Waals surface area (Å²) in [5.41, 5.74) is 5.48. The van der Waals surface area contributed by atoms with Crippen molar-refractivity contribution in [3.63, 3.8) is 0 Å². The fraction of sp³-hybridized carbons (Fsp3) is 0.0909. The van der Waals surface area contributed by atoms with Gasteiger partial charge in [-0.3, -0.25) is 4.79 Å². The number of amides is 1. The van der Waals surface area contributed by atoms with Crippen LogP contribution in [0.1, 0.15) is 16.7 Å². The van der Waals surface area contributed by atoms with Gasteiger partial charge in [-0.1, -0.05) is 58.4 Å². The zero-order chi connectivity index (χ0) is 18.9. The van der Waals surface area contributed by atoms with Gasteiger partial charge in [0.05, 0.1) is 12.6 Å². The maximum Gasteiger partial charge on any atom is 0.244 e. The molecule has 3 rings (SSSR count). The van der Waals surface area contributed by atoms with Crippen LogP contribution in [0.15, 0.2) is 88.4 Å². The highest BCUT2D eigenvalue weighted by molar-refractivity contribution is 9.10. The van der Waals surface area contributed by atoms with Gasteiger partial charge < -0.3 is 4.74 Å². The Balaban J connectivity index is 1.46. The van der Waals surface area contributed by atoms with Gasteiger partial charge in [-0.2, -0.15) is 5.10 Å². The van der Waals surface area contributed by atoms with E-state index in [-0.39, 0.29) is 12.3 Å². The topological polar surface area (TPSA) is 50.7 Å². The molecular formula is C22H19BrN2O2. The van der Waals surface area contributed by atoms with Crippen molar-refractivity contribution < 1.29 is 9.53 Å². The van der Waals surface area contributed by atoms with Crippen LogP contribution in [-0.4, -0.2) is 12.1 Å². The van der Waals surface area contributed by atoms with Gasteiger partial charge in [-0.15, -0.1) is 0 Å². The number of hydrogen-bond acceptors (Lipinski definition) is 3. The Morgan fingerprint density at radius 3 is 2.33 bits per heavy atom. The van der Waals surface area contributed by atoms with Crippen LogP contribution < -0.4 is 10.2 Å². The molecule has 1 amide bonds. The SMILES string of the molecule is O=C(Cc1ccc(Br)cc1)N/N=C\c1ccc(OCc2ccccc2)cc1. The molecule has 3 aromatic carbocycles. The predicted octanol–water partition coefficient (Wildman–Crippen LogP) is 4.72. The molecule has 0 radical (unpaired) electrons. The summed E-state index contributed by atoms with van der Waals surface area (Å²) in [7, 11) is 0. The van der Waals surface area contributed by atoms with Gasteiger partial charge in [0.2, 0.25) is 5.91 Å². The van der Waals surface area contributed by atoms with Gasteiger partial charge in [0.1, 0.15) is 12.4 Å². The Labute approximate surface area is 167 Å². The molecule has 0 fully saturated rings. The molecule has 1 N–H and O–H groups in total. The lowest BCUT2D eigenvalue weighted by molar-refractivity contribution is -0.120. The Kier molecular flexibility index (Phi) is 6.77. The van der Waals surface area contributed by atoms with Crippen LogP contribution >= 0.6 is 15.9 Å². The lowest BCUT2D eigenvalue weighted by atomic mass is 10.1. The third-order valence-electron chi connectivity index (χ3n) is 3.81. The number of nitrogens with one attached hydrogen (secondary N) is 1. The van der Waals surface area contributed by atoms with E-state index in [1.54, 1.807) is 6.21 Å². The van der Waals surface area contributed by atoms with Crippen molar-refractivity contribution in [2.75, 3.05) is 0 Å². The number of benzene rings is 3. The summed E-state index contributed by atoms with van der Waals surface area (Å²) in [5, 5.41) is 4.00. The van der Waals surface area contributed by atoms with Crippen molar-refractivity contribution in [3.05, 3.63) is 100 Å². The Hall–Kier alpha value is -2.92. The number of hydrazone groups is 1. The zero-order valence-electron chi connectivity index (χ0n) is 14.6. The maximum atomic E-state index is 11.9. The maximum absolute atomic E-state index is 11.9. The molecule has 3 aromatic rings. The summed E-state index contributed by atoms with van der Waals surface area (Å²) in [5.74, 6) is 0.631. The van der Waals surface area contributed by atoms with Gasteiger partial charge in [0.15, 0.2) is 0 Å². The molecule has 4 nitrogen and oxygen atoms in total. The van der Waals surface area contributed by atoms with E-state index >= 15 is 0 Å². The highest BCUT2D eigenvalue weighted by atomic mass is 79.9. The second-order valence-corrected chi connectivity index (χ2v) is 6.86. The van der Waals surface area contributed by atoms with E-state index in [9.17, 15) is 4.79 Å². The molecule has 0 heterocycles. The third kappa shape index (κ3) is 6.38. The summed E-state index contributed by atoms with van der Waals surface area (Å²) < 4.78 is 6.73. The number of carbonyl (C=O) groups is 1. The molecule has 0 unspecified atom stereocenters. The van der Waals surface area contributed by atoms with E-state index in [1.807, 2.05) is 78.9 Å². The molecule has 0 saturated carbocycles. The van der Waals surface area contributed by atoms with Crippen LogP contribution in [0.25, 0.3) is 0 Å². The minimum atomic E-state index is -0.156. The van der Waals surface area contributed by atoms with E-state index in [1.165, 1.54) is 0 Å². The second-order valence-electron chi connectivity index (χ2n) is 5.94. The summed E-state index contributed by atoms with van der Waals surface area (Å²) in [6.07, 6.45) is 1.90. The molecule has 0 spiro atoms. The van der Waals surface area contributed by atoms with E-state index < -0.39 is 0 Å². The molecule has 0 aliphatic carbocycles. The average molecular weight is 423 g/mol. The van der Waals surface area contributed by atoms with E-state index in [2.05, 4.69) is 26.5 Å². The normalized spacial score (nSPS) is 10.7. The number of nitrogens with zero attached hydrogens (tertiary/aromatic N) is 1. The van der Waals surface area contributed by atoms with Crippen molar-refractivity contribution in [2.45, 2.75) is 13.0 Å². The molecule has 0 aliphatic heterocycles. The monoisotopic (exact) mass is 422 g/mol. The summed E-state index contributed by atoms with van der Waals surface area (Å²) in [4.78, 5) is 11.9. The van der Waals surface area contributed by atoms with Gasteiger partial charge in [-0.25, -0.2) is 5.43 Å². The van der Waals surface area contributed by atoms with Gasteiger partial charge in [0, 0.05) is 4.47 Å². The Bertz CT molecular complexity index is 892. The summed E-state index contributed by atoms with van der Waals surface area (Å²) in [6.45, 7) is 0.528. The van der Waals surface area contributed by atoms with Crippen molar-refractivity contribution in [1.82, 2.24) is 5.43 Å². The second kappa shape index (κ2) is 9.69. The van der Waals surface area contributed by atoms with Crippen LogP contribution in [0.3, 0.4) is 0 Å². The van der Waals surface area contributed by atoms with E-state index in [0.717, 1.165) is 26.9 Å². The molecule has 0 bridgehead atoms. The van der Waals surface area contributed by atoms with Crippen molar-refractivity contribution >= 4 is 28.1 Å². The Morgan fingerprint density at radius 1 is 0.926 bits per heavy atom. The number of rotatable bonds is 7. The predicted molar refractivity (Wildman–Crippen MR) is 111 cm³/mol. The highest BCUT2D eigenvalue weighted by Gasteiger charge is 2.02. The van der Waals surface area contributed by atoms with Crippen LogP contribution in [-0.2, 0) is 17.8 Å². The number of hydrogen-bond donors (Lipinski definition) is 1. The van der Waals surface area contributed by atoms with E-state index in [0.29, 0.717) is 6.61 Å². The van der Waals surface area contributed by atoms with Crippen molar-refractivity contribution in [1.29, 1.82) is 0 Å². The van der Waals surface area contributed by atoms with Crippen LogP contribution in [0.4, 0.5) is 0 Å². The van der Waals surface area contributed by atoms with Crippen molar-refractivity contribution in [2.24, 2.45) is 5.10 Å². The molecule has 27 heavy (non-hydrogen) atoms. The first kappa shape index (κ1) is 18.9. The quantitative estimate of drug-likeness (QED) is 0.442. The standard InChI is InChI=1S/C22H19BrN2O2/c23-20-10-6-17(7-11-20)14-22(26)25-24-15-18-8-12-21(13-9-18)27-16-19-4-2-1-3-5-19/h1-13,15H,14,16H2,(H,25,26)/b24-15-. The fourth-order valence-electron chi connectivity index (χ4n) is 2.40.